The summed E-state index contributed by atoms with van der Waals surface area (Å²) in [6, 6.07) is 9.76. The molecule has 0 radical (unpaired) electrons. The number of benzene rings is 2. The second-order valence-electron chi connectivity index (χ2n) is 6.83. The molecule has 5 heteroatoms. The number of rotatable bonds is 9. The molecule has 28 heavy (non-hydrogen) atoms. The van der Waals surface area contributed by atoms with E-state index in [-0.39, 0.29) is 5.91 Å². The Bertz CT molecular complexity index is 816. The summed E-state index contributed by atoms with van der Waals surface area (Å²) in [5, 5.41) is 2.93. The van der Waals surface area contributed by atoms with Gasteiger partial charge in [-0.15, -0.1) is 0 Å². The first-order valence-electron chi connectivity index (χ1n) is 9.76. The lowest BCUT2D eigenvalue weighted by Gasteiger charge is -2.18. The number of amides is 1. The molecule has 2 aromatic carbocycles. The van der Waals surface area contributed by atoms with Crippen molar-refractivity contribution >= 4 is 5.91 Å². The fourth-order valence-electron chi connectivity index (χ4n) is 2.91. The van der Waals surface area contributed by atoms with E-state index in [0.29, 0.717) is 31.3 Å². The average molecular weight is 386 g/mol. The molecule has 0 aliphatic heterocycles. The third-order valence-corrected chi connectivity index (χ3v) is 4.51. The Kier molecular flexibility index (Phi) is 7.73. The van der Waals surface area contributed by atoms with E-state index in [1.807, 2.05) is 58.9 Å². The Morgan fingerprint density at radius 3 is 2.32 bits per heavy atom. The van der Waals surface area contributed by atoms with Crippen LogP contribution in [-0.2, 0) is 11.3 Å². The first-order chi connectivity index (χ1) is 13.3. The molecule has 152 valence electrons. The first-order valence-corrected chi connectivity index (χ1v) is 9.76. The topological polar surface area (TPSA) is 56.8 Å². The summed E-state index contributed by atoms with van der Waals surface area (Å²) in [6.45, 7) is 13.2. The number of hydrogen-bond acceptors (Lipinski definition) is 4. The Morgan fingerprint density at radius 1 is 0.964 bits per heavy atom. The molecule has 0 heterocycles. The van der Waals surface area contributed by atoms with Gasteiger partial charge in [-0.1, -0.05) is 12.1 Å². The third kappa shape index (κ3) is 5.65. The molecule has 0 aliphatic rings. The lowest BCUT2D eigenvalue weighted by atomic mass is 10.1. The van der Waals surface area contributed by atoms with Crippen molar-refractivity contribution in [3.8, 4) is 17.2 Å². The van der Waals surface area contributed by atoms with Crippen LogP contribution in [0.25, 0.3) is 0 Å². The van der Waals surface area contributed by atoms with Crippen molar-refractivity contribution in [1.29, 1.82) is 0 Å². The van der Waals surface area contributed by atoms with E-state index in [4.69, 9.17) is 14.2 Å². The Balaban J connectivity index is 2.00. The van der Waals surface area contributed by atoms with Gasteiger partial charge in [-0.2, -0.15) is 0 Å². The maximum Gasteiger partial charge on any atom is 0.261 e. The minimum Gasteiger partial charge on any atom is -0.490 e. The normalized spacial score (nSPS) is 11.6. The largest absolute Gasteiger partial charge is 0.490 e. The molecule has 2 aromatic rings. The van der Waals surface area contributed by atoms with Crippen LogP contribution < -0.4 is 19.5 Å². The van der Waals surface area contributed by atoms with E-state index < -0.39 is 6.10 Å². The highest BCUT2D eigenvalue weighted by Crippen LogP contribution is 2.28. The Hall–Kier alpha value is -2.69. The van der Waals surface area contributed by atoms with Crippen molar-refractivity contribution < 1.29 is 19.0 Å². The number of hydrogen-bond donors (Lipinski definition) is 1. The lowest BCUT2D eigenvalue weighted by Crippen LogP contribution is -2.36. The van der Waals surface area contributed by atoms with E-state index in [2.05, 4.69) is 11.4 Å². The first kappa shape index (κ1) is 21.6. The van der Waals surface area contributed by atoms with Crippen molar-refractivity contribution in [2.75, 3.05) is 13.2 Å². The van der Waals surface area contributed by atoms with Gasteiger partial charge in [-0.05, 0) is 82.0 Å². The quantitative estimate of drug-likeness (QED) is 0.691. The van der Waals surface area contributed by atoms with Crippen LogP contribution in [0.4, 0.5) is 0 Å². The summed E-state index contributed by atoms with van der Waals surface area (Å²) < 4.78 is 17.1. The summed E-state index contributed by atoms with van der Waals surface area (Å²) in [5.41, 5.74) is 4.26. The van der Waals surface area contributed by atoms with E-state index in [0.717, 1.165) is 28.0 Å². The van der Waals surface area contributed by atoms with Gasteiger partial charge in [0, 0.05) is 6.54 Å². The van der Waals surface area contributed by atoms with Gasteiger partial charge in [-0.3, -0.25) is 4.79 Å². The van der Waals surface area contributed by atoms with Crippen molar-refractivity contribution in [3.05, 3.63) is 52.6 Å². The van der Waals surface area contributed by atoms with Crippen LogP contribution in [0, 0.1) is 20.8 Å². The van der Waals surface area contributed by atoms with E-state index >= 15 is 0 Å². The maximum atomic E-state index is 12.5. The molecule has 1 amide bonds. The molecule has 0 aromatic heterocycles. The predicted octanol–water partition coefficient (Wildman–Crippen LogP) is 4.49. The van der Waals surface area contributed by atoms with Crippen LogP contribution in [-0.4, -0.2) is 25.2 Å². The van der Waals surface area contributed by atoms with Crippen molar-refractivity contribution in [1.82, 2.24) is 5.32 Å². The van der Waals surface area contributed by atoms with Gasteiger partial charge in [0.25, 0.3) is 5.91 Å². The fraction of sp³-hybridized carbons (Fsp3) is 0.435. The lowest BCUT2D eigenvalue weighted by molar-refractivity contribution is -0.127. The highest BCUT2D eigenvalue weighted by Gasteiger charge is 2.16. The molecule has 0 spiro atoms. The third-order valence-electron chi connectivity index (χ3n) is 4.51. The summed E-state index contributed by atoms with van der Waals surface area (Å²) in [6.07, 6.45) is -0.589. The van der Waals surface area contributed by atoms with Gasteiger partial charge >= 0.3 is 0 Å². The van der Waals surface area contributed by atoms with Gasteiger partial charge in [-0.25, -0.2) is 0 Å². The number of nitrogens with one attached hydrogen (secondary N) is 1. The number of carbonyl (C=O) groups excluding carboxylic acids is 1. The molecular formula is C23H31NO4. The van der Waals surface area contributed by atoms with Gasteiger partial charge in [0.15, 0.2) is 17.6 Å². The van der Waals surface area contributed by atoms with Crippen LogP contribution in [0.5, 0.6) is 17.2 Å². The molecule has 1 atom stereocenters. The Labute approximate surface area is 168 Å². The summed E-state index contributed by atoms with van der Waals surface area (Å²) in [7, 11) is 0. The summed E-state index contributed by atoms with van der Waals surface area (Å²) in [4.78, 5) is 12.5. The van der Waals surface area contributed by atoms with Crippen LogP contribution in [0.3, 0.4) is 0 Å². The minimum absolute atomic E-state index is 0.162. The average Bonchev–Trinajstić information content (AvgIpc) is 2.65. The van der Waals surface area contributed by atoms with E-state index in [9.17, 15) is 4.79 Å². The van der Waals surface area contributed by atoms with Gasteiger partial charge in [0.05, 0.1) is 13.2 Å². The molecule has 1 N–H and O–H groups in total. The SMILES string of the molecule is CCOc1ccc(CNC(=O)C(C)Oc2cc(C)cc(C)c2C)cc1OCC. The van der Waals surface area contributed by atoms with Crippen molar-refractivity contribution in [3.63, 3.8) is 0 Å². The molecule has 0 aliphatic carbocycles. The van der Waals surface area contributed by atoms with Crippen LogP contribution in [0.15, 0.2) is 30.3 Å². The Morgan fingerprint density at radius 2 is 1.64 bits per heavy atom. The molecule has 5 nitrogen and oxygen atoms in total. The van der Waals surface area contributed by atoms with Crippen LogP contribution in [0.2, 0.25) is 0 Å². The molecule has 2 rings (SSSR count). The summed E-state index contributed by atoms with van der Waals surface area (Å²) in [5.74, 6) is 1.98. The van der Waals surface area contributed by atoms with E-state index in [1.165, 1.54) is 0 Å². The van der Waals surface area contributed by atoms with Crippen molar-refractivity contribution in [2.45, 2.75) is 54.2 Å². The fourth-order valence-corrected chi connectivity index (χ4v) is 2.91. The predicted molar refractivity (Wildman–Crippen MR) is 111 cm³/mol. The zero-order valence-electron chi connectivity index (χ0n) is 17.7. The summed E-state index contributed by atoms with van der Waals surface area (Å²) >= 11 is 0. The minimum atomic E-state index is -0.589. The zero-order valence-corrected chi connectivity index (χ0v) is 17.7. The van der Waals surface area contributed by atoms with Crippen LogP contribution >= 0.6 is 0 Å². The van der Waals surface area contributed by atoms with Gasteiger partial charge in [0.1, 0.15) is 5.75 Å². The molecule has 0 saturated heterocycles. The second kappa shape index (κ2) is 10.0. The zero-order chi connectivity index (χ0) is 20.7. The molecule has 1 unspecified atom stereocenters. The number of carbonyl (C=O) groups is 1. The molecule has 0 saturated carbocycles. The number of aryl methyl sites for hydroxylation is 2. The standard InChI is InChI=1S/C23H31NO4/c1-7-26-20-10-9-19(13-22(20)27-8-2)14-24-23(25)18(6)28-21-12-15(3)11-16(4)17(21)5/h9-13,18H,7-8,14H2,1-6H3,(H,24,25). The smallest absolute Gasteiger partial charge is 0.261 e. The second-order valence-corrected chi connectivity index (χ2v) is 6.83. The van der Waals surface area contributed by atoms with E-state index in [1.54, 1.807) is 6.92 Å². The molecule has 0 fully saturated rings. The highest BCUT2D eigenvalue weighted by atomic mass is 16.5. The van der Waals surface area contributed by atoms with Gasteiger partial charge < -0.3 is 19.5 Å². The van der Waals surface area contributed by atoms with Gasteiger partial charge in [0.2, 0.25) is 0 Å². The molecular weight excluding hydrogens is 354 g/mol. The van der Waals surface area contributed by atoms with Crippen molar-refractivity contribution in [2.24, 2.45) is 0 Å². The number of ether oxygens (including phenoxy) is 3. The maximum absolute atomic E-state index is 12.5. The molecule has 0 bridgehead atoms. The highest BCUT2D eigenvalue weighted by molar-refractivity contribution is 5.80. The monoisotopic (exact) mass is 385 g/mol. The van der Waals surface area contributed by atoms with Crippen LogP contribution in [0.1, 0.15) is 43.0 Å².